The van der Waals surface area contributed by atoms with Gasteiger partial charge in [0.1, 0.15) is 17.9 Å². The van der Waals surface area contributed by atoms with Crippen LogP contribution in [0.4, 0.5) is 5.82 Å². The SMILES string of the molecule is Cc1nc(N)ccc1CNC(=O)Cn1ccc2c([nH]c(=O)n2C(C)c2ccccc2)c1=O. The maximum Gasteiger partial charge on any atom is 0.327 e. The number of pyridine rings is 2. The van der Waals surface area contributed by atoms with E-state index in [-0.39, 0.29) is 36.2 Å². The Bertz CT molecular complexity index is 1400. The Morgan fingerprint density at radius 2 is 1.91 bits per heavy atom. The number of H-pyrrole nitrogens is 1. The molecule has 0 radical (unpaired) electrons. The minimum atomic E-state index is -0.431. The lowest BCUT2D eigenvalue weighted by atomic mass is 10.1. The number of carbonyl (C=O) groups is 1. The van der Waals surface area contributed by atoms with Crippen LogP contribution in [0, 0.1) is 6.92 Å². The summed E-state index contributed by atoms with van der Waals surface area (Å²) in [5, 5.41) is 2.78. The number of aryl methyl sites for hydroxylation is 1. The largest absolute Gasteiger partial charge is 0.384 e. The van der Waals surface area contributed by atoms with Crippen molar-refractivity contribution in [1.29, 1.82) is 0 Å². The second kappa shape index (κ2) is 8.54. The lowest BCUT2D eigenvalue weighted by Gasteiger charge is -2.14. The predicted molar refractivity (Wildman–Crippen MR) is 122 cm³/mol. The van der Waals surface area contributed by atoms with Gasteiger partial charge in [0.25, 0.3) is 5.56 Å². The van der Waals surface area contributed by atoms with Crippen molar-refractivity contribution in [3.63, 3.8) is 0 Å². The Morgan fingerprint density at radius 1 is 1.16 bits per heavy atom. The first kappa shape index (κ1) is 21.1. The zero-order valence-electron chi connectivity index (χ0n) is 17.8. The summed E-state index contributed by atoms with van der Waals surface area (Å²) in [7, 11) is 0. The second-order valence-corrected chi connectivity index (χ2v) is 7.65. The number of imidazole rings is 1. The molecular weight excluding hydrogens is 408 g/mol. The number of carbonyl (C=O) groups excluding carboxylic acids is 1. The molecule has 0 aliphatic heterocycles. The van der Waals surface area contributed by atoms with Gasteiger partial charge in [-0.3, -0.25) is 14.2 Å². The molecule has 0 aliphatic rings. The molecule has 0 fully saturated rings. The highest BCUT2D eigenvalue weighted by Gasteiger charge is 2.18. The number of aromatic nitrogens is 4. The van der Waals surface area contributed by atoms with Gasteiger partial charge in [-0.15, -0.1) is 0 Å². The molecule has 4 aromatic rings. The molecule has 9 heteroatoms. The number of nitrogens with one attached hydrogen (secondary N) is 2. The van der Waals surface area contributed by atoms with Gasteiger partial charge in [0.2, 0.25) is 5.91 Å². The van der Waals surface area contributed by atoms with Crippen LogP contribution in [0.3, 0.4) is 0 Å². The number of nitrogens with two attached hydrogens (primary N) is 1. The average molecular weight is 432 g/mol. The van der Waals surface area contributed by atoms with Gasteiger partial charge < -0.3 is 20.6 Å². The highest BCUT2D eigenvalue weighted by Crippen LogP contribution is 2.19. The number of nitrogens with zero attached hydrogens (tertiary/aromatic N) is 3. The molecule has 3 aromatic heterocycles. The molecule has 0 saturated heterocycles. The molecule has 3 heterocycles. The molecule has 1 aromatic carbocycles. The number of rotatable bonds is 6. The summed E-state index contributed by atoms with van der Waals surface area (Å²) >= 11 is 0. The first-order valence-electron chi connectivity index (χ1n) is 10.2. The van der Waals surface area contributed by atoms with E-state index in [9.17, 15) is 14.4 Å². The van der Waals surface area contributed by atoms with Crippen molar-refractivity contribution in [1.82, 2.24) is 24.4 Å². The molecule has 4 N–H and O–H groups in total. The van der Waals surface area contributed by atoms with Gasteiger partial charge in [-0.2, -0.15) is 0 Å². The Morgan fingerprint density at radius 3 is 2.62 bits per heavy atom. The van der Waals surface area contributed by atoms with E-state index in [0.29, 0.717) is 11.3 Å². The van der Waals surface area contributed by atoms with Gasteiger partial charge in [0.15, 0.2) is 0 Å². The number of aromatic amines is 1. The lowest BCUT2D eigenvalue weighted by molar-refractivity contribution is -0.121. The van der Waals surface area contributed by atoms with Gasteiger partial charge in [-0.05, 0) is 37.1 Å². The third-order valence-corrected chi connectivity index (χ3v) is 5.53. The number of fused-ring (bicyclic) bond motifs is 1. The van der Waals surface area contributed by atoms with Crippen LogP contribution in [0.15, 0.2) is 64.3 Å². The number of hydrogen-bond acceptors (Lipinski definition) is 5. The van der Waals surface area contributed by atoms with Crippen LogP contribution in [0.5, 0.6) is 0 Å². The van der Waals surface area contributed by atoms with Crippen LogP contribution < -0.4 is 22.3 Å². The highest BCUT2D eigenvalue weighted by molar-refractivity contribution is 5.77. The molecule has 0 aliphatic carbocycles. The quantitative estimate of drug-likeness (QED) is 0.427. The molecule has 164 valence electrons. The molecule has 1 amide bonds. The standard InChI is InChI=1S/C23H24N6O3/c1-14-17(8-9-19(24)26-14)12-25-20(30)13-28-11-10-18-21(22(28)31)27-23(32)29(18)15(2)16-6-4-3-5-7-16/h3-11,15H,12-13H2,1-2H3,(H2,24,26)(H,25,30)(H,27,32). The van der Waals surface area contributed by atoms with Gasteiger partial charge in [0.05, 0.1) is 11.6 Å². The maximum absolute atomic E-state index is 12.9. The third-order valence-electron chi connectivity index (χ3n) is 5.53. The van der Waals surface area contributed by atoms with Crippen molar-refractivity contribution in [3.05, 3.63) is 92.4 Å². The Labute approximate surface area is 183 Å². The molecule has 1 atom stereocenters. The Kier molecular flexibility index (Phi) is 5.63. The monoisotopic (exact) mass is 432 g/mol. The molecule has 0 spiro atoms. The molecule has 0 bridgehead atoms. The molecule has 32 heavy (non-hydrogen) atoms. The van der Waals surface area contributed by atoms with Crippen molar-refractivity contribution in [2.45, 2.75) is 33.0 Å². The van der Waals surface area contributed by atoms with E-state index in [1.165, 1.54) is 10.8 Å². The minimum Gasteiger partial charge on any atom is -0.384 e. The Balaban J connectivity index is 1.56. The maximum atomic E-state index is 12.9. The van der Waals surface area contributed by atoms with Crippen LogP contribution in [-0.4, -0.2) is 25.0 Å². The third kappa shape index (κ3) is 4.04. The minimum absolute atomic E-state index is 0.169. The van der Waals surface area contributed by atoms with Crippen molar-refractivity contribution in [3.8, 4) is 0 Å². The molecule has 1 unspecified atom stereocenters. The van der Waals surface area contributed by atoms with Crippen LogP contribution in [0.1, 0.15) is 29.8 Å². The fourth-order valence-electron chi connectivity index (χ4n) is 3.75. The number of benzene rings is 1. The smallest absolute Gasteiger partial charge is 0.327 e. The van der Waals surface area contributed by atoms with Gasteiger partial charge >= 0.3 is 5.69 Å². The van der Waals surface area contributed by atoms with Crippen LogP contribution >= 0.6 is 0 Å². The van der Waals surface area contributed by atoms with Gasteiger partial charge in [-0.1, -0.05) is 36.4 Å². The summed E-state index contributed by atoms with van der Waals surface area (Å²) in [5.41, 5.74) is 8.04. The normalized spacial score (nSPS) is 12.1. The van der Waals surface area contributed by atoms with Crippen molar-refractivity contribution in [2.75, 3.05) is 5.73 Å². The summed E-state index contributed by atoms with van der Waals surface area (Å²) in [5.74, 6) is 0.0852. The fourth-order valence-corrected chi connectivity index (χ4v) is 3.75. The van der Waals surface area contributed by atoms with E-state index in [1.54, 1.807) is 22.8 Å². The number of amides is 1. The summed E-state index contributed by atoms with van der Waals surface area (Å²) in [6, 6.07) is 14.5. The predicted octanol–water partition coefficient (Wildman–Crippen LogP) is 1.70. The fraction of sp³-hybridized carbons (Fsp3) is 0.217. The molecule has 9 nitrogen and oxygen atoms in total. The zero-order valence-corrected chi connectivity index (χ0v) is 17.8. The zero-order chi connectivity index (χ0) is 22.8. The highest BCUT2D eigenvalue weighted by atomic mass is 16.2. The van der Waals surface area contributed by atoms with E-state index >= 15 is 0 Å². The average Bonchev–Trinajstić information content (AvgIpc) is 3.12. The first-order chi connectivity index (χ1) is 15.3. The van der Waals surface area contributed by atoms with E-state index in [0.717, 1.165) is 16.8 Å². The second-order valence-electron chi connectivity index (χ2n) is 7.65. The molecule has 0 saturated carbocycles. The summed E-state index contributed by atoms with van der Waals surface area (Å²) in [6.07, 6.45) is 1.53. The van der Waals surface area contributed by atoms with Crippen molar-refractivity contribution < 1.29 is 4.79 Å². The van der Waals surface area contributed by atoms with Crippen molar-refractivity contribution >= 4 is 22.8 Å². The van der Waals surface area contributed by atoms with Crippen LogP contribution in [0.25, 0.3) is 11.0 Å². The van der Waals surface area contributed by atoms with E-state index in [2.05, 4.69) is 15.3 Å². The molecule has 4 rings (SSSR count). The van der Waals surface area contributed by atoms with E-state index in [4.69, 9.17) is 5.73 Å². The summed E-state index contributed by atoms with van der Waals surface area (Å²) < 4.78 is 2.83. The van der Waals surface area contributed by atoms with Gasteiger partial charge in [-0.25, -0.2) is 9.78 Å². The van der Waals surface area contributed by atoms with E-state index in [1.807, 2.05) is 44.2 Å². The summed E-state index contributed by atoms with van der Waals surface area (Å²) in [4.78, 5) is 44.8. The molecular formula is C23H24N6O3. The number of hydrogen-bond donors (Lipinski definition) is 3. The van der Waals surface area contributed by atoms with E-state index < -0.39 is 5.56 Å². The summed E-state index contributed by atoms with van der Waals surface area (Å²) in [6.45, 7) is 3.82. The van der Waals surface area contributed by atoms with Crippen molar-refractivity contribution in [2.24, 2.45) is 0 Å². The lowest BCUT2D eigenvalue weighted by Crippen LogP contribution is -2.32. The number of nitrogen functional groups attached to an aromatic ring is 1. The van der Waals surface area contributed by atoms with Crippen LogP contribution in [-0.2, 0) is 17.9 Å². The topological polar surface area (TPSA) is 128 Å². The number of anilines is 1. The van der Waals surface area contributed by atoms with Crippen LogP contribution in [0.2, 0.25) is 0 Å². The Hall–Kier alpha value is -4.14. The van der Waals surface area contributed by atoms with Gasteiger partial charge in [0, 0.05) is 18.4 Å². The first-order valence-corrected chi connectivity index (χ1v) is 10.2.